The van der Waals surface area contributed by atoms with Gasteiger partial charge in [-0.25, -0.2) is 0 Å². The molecule has 0 bridgehead atoms. The first-order valence-corrected chi connectivity index (χ1v) is 14.4. The minimum Gasteiger partial charge on any atom is -0.382 e. The van der Waals surface area contributed by atoms with Gasteiger partial charge in [0.1, 0.15) is 18.1 Å². The van der Waals surface area contributed by atoms with E-state index in [1.54, 1.807) is 74.5 Å². The molecule has 0 aliphatic carbocycles. The summed E-state index contributed by atoms with van der Waals surface area (Å²) in [6.45, 7) is 4.55. The molecule has 7 N–H and O–H groups in total. The summed E-state index contributed by atoms with van der Waals surface area (Å²) in [6.07, 6.45) is -9.29. The van der Waals surface area contributed by atoms with E-state index in [1.165, 1.54) is 6.92 Å². The van der Waals surface area contributed by atoms with E-state index >= 15 is 0 Å². The molecule has 46 heavy (non-hydrogen) atoms. The summed E-state index contributed by atoms with van der Waals surface area (Å²) in [5, 5.41) is 19.2. The van der Waals surface area contributed by atoms with Gasteiger partial charge < -0.3 is 32.1 Å². The van der Waals surface area contributed by atoms with Crippen molar-refractivity contribution in [2.24, 2.45) is 11.7 Å². The molecule has 3 unspecified atom stereocenters. The molecule has 0 aromatic heterocycles. The number of amides is 5. The predicted octanol–water partition coefficient (Wildman–Crippen LogP) is 1.08. The van der Waals surface area contributed by atoms with E-state index in [1.807, 2.05) is 5.32 Å². The Balaban J connectivity index is 2.20. The zero-order valence-corrected chi connectivity index (χ0v) is 25.6. The second-order valence-electron chi connectivity index (χ2n) is 10.9. The molecule has 248 valence electrons. The van der Waals surface area contributed by atoms with Crippen LogP contribution in [0.3, 0.4) is 0 Å². The Hall–Kier alpha value is -4.90. The second-order valence-corrected chi connectivity index (χ2v) is 10.9. The van der Waals surface area contributed by atoms with Crippen molar-refractivity contribution in [1.82, 2.24) is 21.3 Å². The van der Waals surface area contributed by atoms with Crippen LogP contribution < -0.4 is 27.0 Å². The third-order valence-electron chi connectivity index (χ3n) is 6.74. The van der Waals surface area contributed by atoms with E-state index in [2.05, 4.69) is 27.8 Å². The molecule has 0 radical (unpaired) electrons. The number of benzene rings is 2. The topological polar surface area (TPSA) is 180 Å². The standard InChI is InChI=1S/C32H38F3N5O6/c1-19(2)27(40-26(42)17-14-21-10-6-4-7-11-21)31(46)39-24(18-22-12-8-5-9-13-22)30(45)37-20(3)29(44)38-23(15-16-25(36)41)28(43)32(33,34)35/h4-13,19-20,23-24,27-28,43H,15-16,18H2,1-3H3,(H2,36,41)(H,37,45)(H,38,44)(H,39,46)(H,40,42)/t20-,23?,24?,27-,28?/m0/s1. The largest absolute Gasteiger partial charge is 0.416 e. The maximum absolute atomic E-state index is 13.4. The second kappa shape index (κ2) is 17.6. The fourth-order valence-corrected chi connectivity index (χ4v) is 4.21. The zero-order valence-electron chi connectivity index (χ0n) is 25.6. The molecular weight excluding hydrogens is 607 g/mol. The number of halogens is 3. The summed E-state index contributed by atoms with van der Waals surface area (Å²) in [7, 11) is 0. The number of hydrogen-bond acceptors (Lipinski definition) is 6. The Morgan fingerprint density at radius 1 is 0.826 bits per heavy atom. The van der Waals surface area contributed by atoms with Crippen LogP contribution >= 0.6 is 0 Å². The summed E-state index contributed by atoms with van der Waals surface area (Å²) >= 11 is 0. The lowest BCUT2D eigenvalue weighted by Crippen LogP contribution is -2.59. The van der Waals surface area contributed by atoms with E-state index in [0.29, 0.717) is 11.1 Å². The first-order chi connectivity index (χ1) is 21.6. The Bertz CT molecular complexity index is 1410. The fourth-order valence-electron chi connectivity index (χ4n) is 4.21. The van der Waals surface area contributed by atoms with Crippen LogP contribution in [0.5, 0.6) is 0 Å². The van der Waals surface area contributed by atoms with E-state index < -0.39 is 84.7 Å². The molecule has 14 heteroatoms. The SMILES string of the molecule is CC(C)[C@H](NC(=O)C#Cc1ccccc1)C(=O)NC(Cc1ccccc1)C(=O)N[C@@H](C)C(=O)NC(CCC(N)=O)C(O)C(F)(F)F. The molecule has 5 amide bonds. The maximum atomic E-state index is 13.4. The highest BCUT2D eigenvalue weighted by atomic mass is 19.4. The average molecular weight is 646 g/mol. The average Bonchev–Trinajstić information content (AvgIpc) is 3.00. The molecule has 0 spiro atoms. The molecule has 0 aliphatic heterocycles. The summed E-state index contributed by atoms with van der Waals surface area (Å²) in [4.78, 5) is 63.2. The van der Waals surface area contributed by atoms with E-state index in [4.69, 9.17) is 5.73 Å². The van der Waals surface area contributed by atoms with Gasteiger partial charge in [-0.05, 0) is 37.0 Å². The number of nitrogens with one attached hydrogen (secondary N) is 4. The van der Waals surface area contributed by atoms with E-state index in [-0.39, 0.29) is 6.42 Å². The van der Waals surface area contributed by atoms with Crippen LogP contribution in [0.25, 0.3) is 0 Å². The maximum Gasteiger partial charge on any atom is 0.416 e. The number of nitrogens with two attached hydrogens (primary N) is 1. The predicted molar refractivity (Wildman–Crippen MR) is 162 cm³/mol. The molecular formula is C32H38F3N5O6. The van der Waals surface area contributed by atoms with Gasteiger partial charge in [-0.1, -0.05) is 68.3 Å². The lowest BCUT2D eigenvalue weighted by Gasteiger charge is -2.28. The molecule has 0 fully saturated rings. The fraction of sp³-hybridized carbons (Fsp3) is 0.406. The van der Waals surface area contributed by atoms with E-state index in [9.17, 15) is 42.3 Å². The van der Waals surface area contributed by atoms with Crippen molar-refractivity contribution in [2.75, 3.05) is 0 Å². The Labute approximate surface area is 264 Å². The van der Waals surface area contributed by atoms with Gasteiger partial charge in [-0.3, -0.25) is 24.0 Å². The zero-order chi connectivity index (χ0) is 34.4. The van der Waals surface area contributed by atoms with Crippen LogP contribution in [0.1, 0.15) is 44.7 Å². The molecule has 2 aromatic rings. The van der Waals surface area contributed by atoms with Gasteiger partial charge in [0.05, 0.1) is 6.04 Å². The van der Waals surface area contributed by atoms with Crippen molar-refractivity contribution in [1.29, 1.82) is 0 Å². The highest BCUT2D eigenvalue weighted by Gasteiger charge is 2.44. The number of aliphatic hydroxyl groups excluding tert-OH is 1. The van der Waals surface area contributed by atoms with Crippen LogP contribution in [0.4, 0.5) is 13.2 Å². The van der Waals surface area contributed by atoms with Gasteiger partial charge in [0.15, 0.2) is 6.10 Å². The molecule has 5 atom stereocenters. The molecule has 0 saturated carbocycles. The van der Waals surface area contributed by atoms with Crippen molar-refractivity contribution in [3.63, 3.8) is 0 Å². The van der Waals surface area contributed by atoms with Crippen LogP contribution in [0.2, 0.25) is 0 Å². The molecule has 2 rings (SSSR count). The molecule has 0 heterocycles. The number of carbonyl (C=O) groups is 5. The monoisotopic (exact) mass is 645 g/mol. The highest BCUT2D eigenvalue weighted by molar-refractivity contribution is 5.98. The van der Waals surface area contributed by atoms with Gasteiger partial charge in [0.25, 0.3) is 5.91 Å². The number of aliphatic hydroxyl groups is 1. The summed E-state index contributed by atoms with van der Waals surface area (Å²) in [5.74, 6) is 0.397. The minimum absolute atomic E-state index is 0.0344. The number of alkyl halides is 3. The number of primary amides is 1. The molecule has 11 nitrogen and oxygen atoms in total. The summed E-state index contributed by atoms with van der Waals surface area (Å²) < 4.78 is 39.5. The molecule has 2 aromatic carbocycles. The van der Waals surface area contributed by atoms with Gasteiger partial charge in [-0.15, -0.1) is 0 Å². The number of hydrogen-bond donors (Lipinski definition) is 6. The first kappa shape index (κ1) is 37.3. The lowest BCUT2D eigenvalue weighted by atomic mass is 10.0. The normalized spacial score (nSPS) is 14.3. The van der Waals surface area contributed by atoms with Crippen LogP contribution in [-0.2, 0) is 30.4 Å². The van der Waals surface area contributed by atoms with Gasteiger partial charge in [0, 0.05) is 24.3 Å². The highest BCUT2D eigenvalue weighted by Crippen LogP contribution is 2.24. The smallest absolute Gasteiger partial charge is 0.382 e. The van der Waals surface area contributed by atoms with Gasteiger partial charge in [-0.2, -0.15) is 13.2 Å². The van der Waals surface area contributed by atoms with Crippen LogP contribution in [-0.4, -0.2) is 71.1 Å². The Kier molecular flexibility index (Phi) is 14.2. The van der Waals surface area contributed by atoms with Gasteiger partial charge >= 0.3 is 6.18 Å². The first-order valence-electron chi connectivity index (χ1n) is 14.4. The van der Waals surface area contributed by atoms with E-state index in [0.717, 1.165) is 0 Å². The van der Waals surface area contributed by atoms with Crippen molar-refractivity contribution in [2.45, 2.75) is 76.5 Å². The minimum atomic E-state index is -5.11. The molecule has 0 aliphatic rings. The summed E-state index contributed by atoms with van der Waals surface area (Å²) in [5.41, 5.74) is 6.24. The number of rotatable bonds is 14. The van der Waals surface area contributed by atoms with Crippen LogP contribution in [0, 0.1) is 17.8 Å². The Morgan fingerprint density at radius 2 is 1.41 bits per heavy atom. The third-order valence-corrected chi connectivity index (χ3v) is 6.74. The third kappa shape index (κ3) is 12.6. The van der Waals surface area contributed by atoms with Crippen molar-refractivity contribution >= 4 is 29.5 Å². The van der Waals surface area contributed by atoms with Crippen LogP contribution in [0.15, 0.2) is 60.7 Å². The quantitative estimate of drug-likeness (QED) is 0.167. The van der Waals surface area contributed by atoms with Crippen molar-refractivity contribution < 1.29 is 42.3 Å². The van der Waals surface area contributed by atoms with Gasteiger partial charge in [0.2, 0.25) is 23.6 Å². The lowest BCUT2D eigenvalue weighted by molar-refractivity contribution is -0.212. The molecule has 0 saturated heterocycles. The summed E-state index contributed by atoms with van der Waals surface area (Å²) in [6, 6.07) is 11.6. The number of carbonyl (C=O) groups excluding carboxylic acids is 5. The Morgan fingerprint density at radius 3 is 1.96 bits per heavy atom. The van der Waals surface area contributed by atoms with Crippen molar-refractivity contribution in [3.8, 4) is 11.8 Å². The van der Waals surface area contributed by atoms with Crippen molar-refractivity contribution in [3.05, 3.63) is 71.8 Å².